The molecule has 0 unspecified atom stereocenters. The van der Waals surface area contributed by atoms with Crippen molar-refractivity contribution in [2.24, 2.45) is 11.3 Å². The average Bonchev–Trinajstić information content (AvgIpc) is 3.37. The summed E-state index contributed by atoms with van der Waals surface area (Å²) in [6, 6.07) is 0.249. The van der Waals surface area contributed by atoms with Gasteiger partial charge in [-0.05, 0) is 43.9 Å². The highest BCUT2D eigenvalue weighted by molar-refractivity contribution is 5.94. The molecule has 1 N–H and O–H groups in total. The molecule has 0 aromatic carbocycles. The quantitative estimate of drug-likeness (QED) is 0.784. The van der Waals surface area contributed by atoms with Gasteiger partial charge in [-0.25, -0.2) is 9.59 Å². The van der Waals surface area contributed by atoms with Crippen molar-refractivity contribution < 1.29 is 23.8 Å². The molecule has 140 valence electrons. The van der Waals surface area contributed by atoms with E-state index in [0.717, 1.165) is 24.0 Å². The molecule has 1 aliphatic heterocycles. The second kappa shape index (κ2) is 5.98. The van der Waals surface area contributed by atoms with Gasteiger partial charge in [-0.3, -0.25) is 0 Å². The smallest absolute Gasteiger partial charge is 0.407 e. The van der Waals surface area contributed by atoms with Crippen LogP contribution in [0.15, 0.2) is 34.6 Å². The van der Waals surface area contributed by atoms with Crippen molar-refractivity contribution in [2.45, 2.75) is 58.3 Å². The van der Waals surface area contributed by atoms with Crippen molar-refractivity contribution in [3.05, 3.63) is 34.6 Å². The number of fused-ring (bicyclic) bond motifs is 2. The lowest BCUT2D eigenvalue weighted by atomic mass is 9.60. The van der Waals surface area contributed by atoms with Crippen molar-refractivity contribution in [1.82, 2.24) is 5.32 Å². The number of hydrogen-bond acceptors (Lipinski definition) is 5. The minimum atomic E-state index is -0.388. The standard InChI is InChI=1S/C20H25NO5/c1-10-14-9-20(3)11(2)17(26-19(23)21-13-5-6-13)16(24-4)8-12(20)7-15(14)25-18(10)22/h7-8,11,13,16-17H,5-6,9H2,1-4H3,(H,21,23)/t11-,16+,17+,20+/m0/s1. The Morgan fingerprint density at radius 3 is 2.77 bits per heavy atom. The van der Waals surface area contributed by atoms with Crippen LogP contribution in [0.2, 0.25) is 0 Å². The zero-order chi connectivity index (χ0) is 18.6. The van der Waals surface area contributed by atoms with Gasteiger partial charge in [0.2, 0.25) is 0 Å². The van der Waals surface area contributed by atoms with Crippen LogP contribution in [-0.4, -0.2) is 37.4 Å². The molecule has 4 aliphatic rings. The number of carbonyl (C=O) groups excluding carboxylic acids is 2. The molecular formula is C20H25NO5. The van der Waals surface area contributed by atoms with Crippen molar-refractivity contribution in [1.29, 1.82) is 0 Å². The number of ether oxygens (including phenoxy) is 3. The largest absolute Gasteiger partial charge is 0.443 e. The van der Waals surface area contributed by atoms with Crippen LogP contribution >= 0.6 is 0 Å². The number of nitrogens with one attached hydrogen (secondary N) is 1. The molecule has 0 bridgehead atoms. The van der Waals surface area contributed by atoms with Gasteiger partial charge in [-0.1, -0.05) is 13.8 Å². The topological polar surface area (TPSA) is 73.9 Å². The van der Waals surface area contributed by atoms with E-state index in [0.29, 0.717) is 17.8 Å². The molecule has 1 saturated carbocycles. The molecule has 0 radical (unpaired) electrons. The Bertz CT molecular complexity index is 760. The summed E-state index contributed by atoms with van der Waals surface area (Å²) in [5, 5.41) is 2.88. The summed E-state index contributed by atoms with van der Waals surface area (Å²) in [4.78, 5) is 24.1. The van der Waals surface area contributed by atoms with E-state index in [1.807, 2.05) is 12.2 Å². The molecule has 3 aliphatic carbocycles. The number of carbonyl (C=O) groups is 2. The highest BCUT2D eigenvalue weighted by Crippen LogP contribution is 2.54. The van der Waals surface area contributed by atoms with E-state index in [1.165, 1.54) is 0 Å². The molecular weight excluding hydrogens is 334 g/mol. The Labute approximate surface area is 153 Å². The van der Waals surface area contributed by atoms with E-state index in [9.17, 15) is 9.59 Å². The summed E-state index contributed by atoms with van der Waals surface area (Å²) < 4.78 is 16.8. The highest BCUT2D eigenvalue weighted by atomic mass is 16.6. The predicted octanol–water partition coefficient (Wildman–Crippen LogP) is 3.00. The molecule has 6 nitrogen and oxygen atoms in total. The summed E-state index contributed by atoms with van der Waals surface area (Å²) in [6.07, 6.45) is 5.55. The van der Waals surface area contributed by atoms with Gasteiger partial charge in [-0.15, -0.1) is 0 Å². The molecule has 0 aromatic heterocycles. The minimum absolute atomic E-state index is 0.0196. The van der Waals surface area contributed by atoms with E-state index in [1.54, 1.807) is 14.0 Å². The molecule has 0 saturated heterocycles. The minimum Gasteiger partial charge on any atom is -0.443 e. The molecule has 0 spiro atoms. The monoisotopic (exact) mass is 359 g/mol. The first-order chi connectivity index (χ1) is 12.3. The maximum absolute atomic E-state index is 12.2. The third-order valence-corrected chi connectivity index (χ3v) is 6.33. The lowest BCUT2D eigenvalue weighted by Gasteiger charge is -2.48. The van der Waals surface area contributed by atoms with Gasteiger partial charge in [0.1, 0.15) is 18.0 Å². The summed E-state index contributed by atoms with van der Waals surface area (Å²) in [7, 11) is 1.62. The number of esters is 1. The maximum atomic E-state index is 12.2. The first-order valence-corrected chi connectivity index (χ1v) is 9.19. The van der Waals surface area contributed by atoms with Gasteiger partial charge in [0.25, 0.3) is 0 Å². The zero-order valence-corrected chi connectivity index (χ0v) is 15.6. The average molecular weight is 359 g/mol. The highest BCUT2D eigenvalue weighted by Gasteiger charge is 2.51. The van der Waals surface area contributed by atoms with Crippen LogP contribution in [0.1, 0.15) is 40.0 Å². The number of allylic oxidation sites excluding steroid dienone is 3. The van der Waals surface area contributed by atoms with Gasteiger partial charge in [0, 0.05) is 35.6 Å². The van der Waals surface area contributed by atoms with Crippen molar-refractivity contribution in [2.75, 3.05) is 7.11 Å². The SMILES string of the molecule is CO[C@@H]1C=C2C=C3OC(=O)C(C)=C3C[C@]2(C)[C@@H](C)[C@H]1OC(=O)NC1CC1. The number of hydrogen-bond donors (Lipinski definition) is 1. The molecule has 26 heavy (non-hydrogen) atoms. The molecule has 6 heteroatoms. The lowest BCUT2D eigenvalue weighted by Crippen LogP contribution is -2.50. The summed E-state index contributed by atoms with van der Waals surface area (Å²) in [5.41, 5.74) is 2.44. The fourth-order valence-corrected chi connectivity index (χ4v) is 4.16. The number of methoxy groups -OCH3 is 1. The van der Waals surface area contributed by atoms with Crippen LogP contribution in [0.3, 0.4) is 0 Å². The molecule has 4 atom stereocenters. The van der Waals surface area contributed by atoms with Crippen LogP contribution in [0, 0.1) is 11.3 Å². The number of amides is 1. The third kappa shape index (κ3) is 2.67. The molecule has 0 aromatic rings. The second-order valence-corrected chi connectivity index (χ2v) is 8.00. The Morgan fingerprint density at radius 2 is 2.12 bits per heavy atom. The Hall–Kier alpha value is -2.08. The summed E-state index contributed by atoms with van der Waals surface area (Å²) in [6.45, 7) is 6.04. The van der Waals surface area contributed by atoms with Gasteiger partial charge < -0.3 is 19.5 Å². The molecule has 1 amide bonds. The zero-order valence-electron chi connectivity index (χ0n) is 15.6. The van der Waals surface area contributed by atoms with Crippen molar-refractivity contribution in [3.8, 4) is 0 Å². The van der Waals surface area contributed by atoms with E-state index >= 15 is 0 Å². The number of rotatable bonds is 3. The first kappa shape index (κ1) is 17.3. The van der Waals surface area contributed by atoms with E-state index in [2.05, 4.69) is 19.2 Å². The van der Waals surface area contributed by atoms with Crippen LogP contribution in [0.4, 0.5) is 4.79 Å². The van der Waals surface area contributed by atoms with Crippen LogP contribution < -0.4 is 5.32 Å². The third-order valence-electron chi connectivity index (χ3n) is 6.33. The fraction of sp³-hybridized carbons (Fsp3) is 0.600. The fourth-order valence-electron chi connectivity index (χ4n) is 4.16. The Morgan fingerprint density at radius 1 is 1.38 bits per heavy atom. The van der Waals surface area contributed by atoms with Gasteiger partial charge in [0.05, 0.1) is 0 Å². The van der Waals surface area contributed by atoms with Gasteiger partial charge >= 0.3 is 12.1 Å². The Balaban J connectivity index is 1.66. The van der Waals surface area contributed by atoms with E-state index in [-0.39, 0.29) is 41.6 Å². The summed E-state index contributed by atoms with van der Waals surface area (Å²) in [5.74, 6) is 0.386. The van der Waals surface area contributed by atoms with Crippen LogP contribution in [0.5, 0.6) is 0 Å². The van der Waals surface area contributed by atoms with Crippen LogP contribution in [0.25, 0.3) is 0 Å². The second-order valence-electron chi connectivity index (χ2n) is 8.00. The lowest BCUT2D eigenvalue weighted by molar-refractivity contribution is -0.133. The van der Waals surface area contributed by atoms with E-state index in [4.69, 9.17) is 14.2 Å². The molecule has 1 fully saturated rings. The van der Waals surface area contributed by atoms with Crippen LogP contribution in [-0.2, 0) is 19.0 Å². The van der Waals surface area contributed by atoms with Gasteiger partial charge in [0.15, 0.2) is 0 Å². The molecule has 4 rings (SSSR count). The Kier molecular flexibility index (Phi) is 3.99. The van der Waals surface area contributed by atoms with E-state index < -0.39 is 0 Å². The molecule has 1 heterocycles. The van der Waals surface area contributed by atoms with Crippen molar-refractivity contribution >= 4 is 12.1 Å². The maximum Gasteiger partial charge on any atom is 0.407 e. The van der Waals surface area contributed by atoms with Crippen molar-refractivity contribution in [3.63, 3.8) is 0 Å². The van der Waals surface area contributed by atoms with Gasteiger partial charge in [-0.2, -0.15) is 0 Å². The summed E-state index contributed by atoms with van der Waals surface area (Å²) >= 11 is 0. The predicted molar refractivity (Wildman–Crippen MR) is 94.1 cm³/mol. The first-order valence-electron chi connectivity index (χ1n) is 9.19. The normalized spacial score (nSPS) is 35.8. The number of alkyl carbamates (subject to hydrolysis) is 1.